The van der Waals surface area contributed by atoms with Crippen LogP contribution in [0.4, 0.5) is 5.69 Å². The molecule has 1 unspecified atom stereocenters. The van der Waals surface area contributed by atoms with Crippen LogP contribution in [-0.2, 0) is 11.3 Å². The van der Waals surface area contributed by atoms with Gasteiger partial charge in [-0.05, 0) is 13.1 Å². The van der Waals surface area contributed by atoms with E-state index in [4.69, 9.17) is 10.5 Å². The number of pyridine rings is 1. The summed E-state index contributed by atoms with van der Waals surface area (Å²) in [6, 6.07) is 3.04. The number of nitrogens with two attached hydrogens (primary N) is 1. The van der Waals surface area contributed by atoms with Gasteiger partial charge in [0.15, 0.2) is 0 Å². The molecule has 0 amide bonds. The highest BCUT2D eigenvalue weighted by Gasteiger charge is 2.07. The van der Waals surface area contributed by atoms with Crippen molar-refractivity contribution in [1.29, 1.82) is 0 Å². The summed E-state index contributed by atoms with van der Waals surface area (Å²) in [7, 11) is 3.44. The minimum Gasteiger partial charge on any atom is -0.398 e. The lowest BCUT2D eigenvalue weighted by molar-refractivity contribution is 0.0427. The van der Waals surface area contributed by atoms with Crippen molar-refractivity contribution < 1.29 is 9.84 Å². The van der Waals surface area contributed by atoms with Crippen LogP contribution in [0.25, 0.3) is 0 Å². The van der Waals surface area contributed by atoms with Gasteiger partial charge in [-0.15, -0.1) is 0 Å². The molecule has 3 N–H and O–H groups in total. The molecule has 0 spiro atoms. The molecule has 0 fully saturated rings. The standard InChI is InChI=1S/C12H21N3O3/c1-14(8-11(16)9-18-2)5-6-15-7-10(13)3-4-12(15)17/h3-4,7,11,16H,5-6,8-9,13H2,1-2H3. The third-order valence-electron chi connectivity index (χ3n) is 2.61. The molecule has 1 heterocycles. The highest BCUT2D eigenvalue weighted by atomic mass is 16.5. The second-order valence-corrected chi connectivity index (χ2v) is 4.37. The highest BCUT2D eigenvalue weighted by Crippen LogP contribution is 1.97. The van der Waals surface area contributed by atoms with Crippen LogP contribution >= 0.6 is 0 Å². The van der Waals surface area contributed by atoms with Crippen LogP contribution in [-0.4, -0.2) is 54.5 Å². The molecule has 102 valence electrons. The number of nitrogen functional groups attached to an aromatic ring is 1. The Kier molecular flexibility index (Phi) is 5.84. The molecule has 1 aromatic heterocycles. The number of anilines is 1. The van der Waals surface area contributed by atoms with Crippen molar-refractivity contribution in [2.75, 3.05) is 39.6 Å². The maximum atomic E-state index is 11.5. The van der Waals surface area contributed by atoms with Crippen LogP contribution in [0.3, 0.4) is 0 Å². The molecule has 1 aromatic rings. The van der Waals surface area contributed by atoms with Gasteiger partial charge in [0.2, 0.25) is 0 Å². The summed E-state index contributed by atoms with van der Waals surface area (Å²) in [5.41, 5.74) is 6.12. The Morgan fingerprint density at radius 1 is 1.56 bits per heavy atom. The lowest BCUT2D eigenvalue weighted by atomic mass is 10.3. The number of aliphatic hydroxyl groups excluding tert-OH is 1. The van der Waals surface area contributed by atoms with Crippen molar-refractivity contribution in [3.8, 4) is 0 Å². The molecule has 0 saturated heterocycles. The van der Waals surface area contributed by atoms with E-state index in [2.05, 4.69) is 0 Å². The first-order valence-electron chi connectivity index (χ1n) is 5.84. The predicted molar refractivity (Wildman–Crippen MR) is 70.5 cm³/mol. The van der Waals surface area contributed by atoms with Gasteiger partial charge in [0.25, 0.3) is 5.56 Å². The topological polar surface area (TPSA) is 80.7 Å². The van der Waals surface area contributed by atoms with Gasteiger partial charge in [-0.25, -0.2) is 0 Å². The lowest BCUT2D eigenvalue weighted by Gasteiger charge is -2.20. The second-order valence-electron chi connectivity index (χ2n) is 4.37. The van der Waals surface area contributed by atoms with Gasteiger partial charge >= 0.3 is 0 Å². The van der Waals surface area contributed by atoms with E-state index in [1.807, 2.05) is 11.9 Å². The Morgan fingerprint density at radius 3 is 2.94 bits per heavy atom. The van der Waals surface area contributed by atoms with E-state index in [0.29, 0.717) is 31.9 Å². The molecule has 0 radical (unpaired) electrons. The number of methoxy groups -OCH3 is 1. The Bertz CT molecular complexity index is 419. The highest BCUT2D eigenvalue weighted by molar-refractivity contribution is 5.33. The summed E-state index contributed by atoms with van der Waals surface area (Å²) in [6.45, 7) is 2.01. The molecule has 6 nitrogen and oxygen atoms in total. The third-order valence-corrected chi connectivity index (χ3v) is 2.61. The summed E-state index contributed by atoms with van der Waals surface area (Å²) in [5, 5.41) is 9.56. The number of ether oxygens (including phenoxy) is 1. The maximum absolute atomic E-state index is 11.5. The van der Waals surface area contributed by atoms with Crippen LogP contribution in [0.2, 0.25) is 0 Å². The van der Waals surface area contributed by atoms with E-state index in [1.165, 1.54) is 6.07 Å². The normalized spacial score (nSPS) is 12.9. The van der Waals surface area contributed by atoms with Crippen molar-refractivity contribution in [3.63, 3.8) is 0 Å². The number of likely N-dealkylation sites (N-methyl/N-ethyl adjacent to an activating group) is 1. The van der Waals surface area contributed by atoms with Gasteiger partial charge in [-0.2, -0.15) is 0 Å². The van der Waals surface area contributed by atoms with Gasteiger partial charge in [0, 0.05) is 44.7 Å². The molecule has 0 aliphatic carbocycles. The number of aliphatic hydroxyl groups is 1. The fourth-order valence-electron chi connectivity index (χ4n) is 1.70. The molecule has 1 rings (SSSR count). The largest absolute Gasteiger partial charge is 0.398 e. The molecule has 6 heteroatoms. The van der Waals surface area contributed by atoms with Gasteiger partial charge < -0.3 is 25.0 Å². The molecule has 0 saturated carbocycles. The van der Waals surface area contributed by atoms with Crippen LogP contribution in [0.5, 0.6) is 0 Å². The predicted octanol–water partition coefficient (Wildman–Crippen LogP) is -0.630. The minimum atomic E-state index is -0.516. The maximum Gasteiger partial charge on any atom is 0.250 e. The van der Waals surface area contributed by atoms with E-state index in [1.54, 1.807) is 23.9 Å². The minimum absolute atomic E-state index is 0.0740. The van der Waals surface area contributed by atoms with Crippen LogP contribution in [0, 0.1) is 0 Å². The molecule has 18 heavy (non-hydrogen) atoms. The summed E-state index contributed by atoms with van der Waals surface area (Å²) in [5.74, 6) is 0. The molecule has 0 aliphatic rings. The fourth-order valence-corrected chi connectivity index (χ4v) is 1.70. The van der Waals surface area contributed by atoms with E-state index >= 15 is 0 Å². The lowest BCUT2D eigenvalue weighted by Crippen LogP contribution is -2.35. The van der Waals surface area contributed by atoms with Crippen molar-refractivity contribution in [2.24, 2.45) is 0 Å². The van der Waals surface area contributed by atoms with Crippen molar-refractivity contribution >= 4 is 5.69 Å². The Balaban J connectivity index is 2.44. The zero-order valence-electron chi connectivity index (χ0n) is 10.9. The van der Waals surface area contributed by atoms with Crippen LogP contribution < -0.4 is 11.3 Å². The summed E-state index contributed by atoms with van der Waals surface area (Å²) < 4.78 is 6.42. The number of rotatable bonds is 7. The van der Waals surface area contributed by atoms with E-state index in [-0.39, 0.29) is 5.56 Å². The van der Waals surface area contributed by atoms with Crippen molar-refractivity contribution in [1.82, 2.24) is 9.47 Å². The zero-order valence-corrected chi connectivity index (χ0v) is 10.9. The monoisotopic (exact) mass is 255 g/mol. The van der Waals surface area contributed by atoms with Crippen molar-refractivity contribution in [3.05, 3.63) is 28.7 Å². The molecule has 0 aliphatic heterocycles. The molecule has 1 atom stereocenters. The molecule has 0 bridgehead atoms. The quantitative estimate of drug-likeness (QED) is 0.678. The van der Waals surface area contributed by atoms with Gasteiger partial charge in [0.1, 0.15) is 0 Å². The molecule has 0 aromatic carbocycles. The molecular weight excluding hydrogens is 234 g/mol. The van der Waals surface area contributed by atoms with Gasteiger partial charge in [0.05, 0.1) is 12.7 Å². The van der Waals surface area contributed by atoms with Crippen molar-refractivity contribution in [2.45, 2.75) is 12.6 Å². The van der Waals surface area contributed by atoms with Gasteiger partial charge in [-0.1, -0.05) is 0 Å². The van der Waals surface area contributed by atoms with E-state index < -0.39 is 6.10 Å². The Morgan fingerprint density at radius 2 is 2.28 bits per heavy atom. The third kappa shape index (κ3) is 4.87. The summed E-state index contributed by atoms with van der Waals surface area (Å²) >= 11 is 0. The Labute approximate surface area is 107 Å². The smallest absolute Gasteiger partial charge is 0.250 e. The average molecular weight is 255 g/mol. The number of hydrogen-bond donors (Lipinski definition) is 2. The summed E-state index contributed by atoms with van der Waals surface area (Å²) in [6.07, 6.45) is 1.11. The fraction of sp³-hybridized carbons (Fsp3) is 0.583. The number of hydrogen-bond acceptors (Lipinski definition) is 5. The second kappa shape index (κ2) is 7.15. The van der Waals surface area contributed by atoms with Crippen LogP contribution in [0.15, 0.2) is 23.1 Å². The zero-order chi connectivity index (χ0) is 13.5. The van der Waals surface area contributed by atoms with E-state index in [9.17, 15) is 9.90 Å². The average Bonchev–Trinajstić information content (AvgIpc) is 2.30. The molecular formula is C12H21N3O3. The first-order chi connectivity index (χ1) is 8.52. The van der Waals surface area contributed by atoms with Gasteiger partial charge in [-0.3, -0.25) is 4.79 Å². The SMILES string of the molecule is COCC(O)CN(C)CCn1cc(N)ccc1=O. The first kappa shape index (κ1) is 14.7. The number of nitrogens with zero attached hydrogens (tertiary/aromatic N) is 2. The summed E-state index contributed by atoms with van der Waals surface area (Å²) in [4.78, 5) is 13.5. The number of aromatic nitrogens is 1. The van der Waals surface area contributed by atoms with E-state index in [0.717, 1.165) is 0 Å². The first-order valence-corrected chi connectivity index (χ1v) is 5.84. The van der Waals surface area contributed by atoms with Crippen LogP contribution in [0.1, 0.15) is 0 Å². The Hall–Kier alpha value is -1.37.